The molecule has 2 aromatic carbocycles. The number of nitrogens with one attached hydrogen (secondary N) is 1. The fourth-order valence-electron chi connectivity index (χ4n) is 2.12. The highest BCUT2D eigenvalue weighted by atomic mass is 35.5. The van der Waals surface area contributed by atoms with E-state index in [1.807, 2.05) is 0 Å². The Morgan fingerprint density at radius 1 is 1.05 bits per heavy atom. The lowest BCUT2D eigenvalue weighted by atomic mass is 9.99. The zero-order chi connectivity index (χ0) is 13.6. The number of anilines is 1. The number of halogens is 2. The van der Waals surface area contributed by atoms with Gasteiger partial charge in [0.15, 0.2) is 4.87 Å². The molecule has 0 aliphatic carbocycles. The van der Waals surface area contributed by atoms with Gasteiger partial charge in [0.25, 0.3) is 5.69 Å². The fourth-order valence-corrected chi connectivity index (χ4v) is 2.46. The van der Waals surface area contributed by atoms with Gasteiger partial charge in [-0.3, -0.25) is 0 Å². The summed E-state index contributed by atoms with van der Waals surface area (Å²) in [4.78, 5) is 12.6. The van der Waals surface area contributed by atoms with Crippen LogP contribution in [0.3, 0.4) is 0 Å². The number of aliphatic hydroxyl groups is 1. The molecule has 0 aromatic heterocycles. The number of nitroso groups, excluding NO2 is 1. The maximum Gasteiger partial charge on any atom is 0.299 e. The number of fused-ring (bicyclic) bond motifs is 2. The van der Waals surface area contributed by atoms with E-state index >= 15 is 0 Å². The Kier molecular flexibility index (Phi) is 2.93. The number of rotatable bonds is 0. The molecular formula is C13H9Cl2N2O2+. The Hall–Kier alpha value is -1.62. The molecule has 0 fully saturated rings. The third-order valence-electron chi connectivity index (χ3n) is 3.04. The summed E-state index contributed by atoms with van der Waals surface area (Å²) in [6, 6.07) is 9.73. The molecular weight excluding hydrogens is 287 g/mol. The second-order valence-corrected chi connectivity index (χ2v) is 5.12. The van der Waals surface area contributed by atoms with Gasteiger partial charge in [-0.2, -0.15) is 0 Å². The van der Waals surface area contributed by atoms with Crippen LogP contribution in [0.5, 0.6) is 0 Å². The predicted molar refractivity (Wildman–Crippen MR) is 73.9 cm³/mol. The van der Waals surface area contributed by atoms with Crippen LogP contribution in [0.2, 0.25) is 10.0 Å². The molecule has 2 aromatic rings. The molecule has 0 saturated heterocycles. The number of nitrogens with zero attached hydrogens (tertiary/aromatic N) is 1. The normalized spacial score (nSPS) is 17.2. The third kappa shape index (κ3) is 2.08. The Morgan fingerprint density at radius 2 is 1.68 bits per heavy atom. The molecule has 1 heterocycles. The largest absolute Gasteiger partial charge is 0.383 e. The molecule has 0 saturated carbocycles. The van der Waals surface area contributed by atoms with Gasteiger partial charge in [-0.05, 0) is 24.3 Å². The van der Waals surface area contributed by atoms with Crippen molar-refractivity contribution in [2.45, 2.75) is 6.10 Å². The average Bonchev–Trinajstić information content (AvgIpc) is 2.46. The summed E-state index contributed by atoms with van der Waals surface area (Å²) < 4.78 is 0. The molecule has 1 unspecified atom stereocenters. The maximum atomic E-state index is 12.1. The summed E-state index contributed by atoms with van der Waals surface area (Å²) in [5, 5.41) is 11.3. The van der Waals surface area contributed by atoms with Crippen LogP contribution in [0.4, 0.5) is 11.4 Å². The first-order valence-corrected chi connectivity index (χ1v) is 6.33. The zero-order valence-corrected chi connectivity index (χ0v) is 11.1. The first kappa shape index (κ1) is 12.4. The molecule has 0 radical (unpaired) electrons. The molecule has 6 heteroatoms. The van der Waals surface area contributed by atoms with Crippen molar-refractivity contribution in [3.63, 3.8) is 0 Å². The van der Waals surface area contributed by atoms with E-state index in [1.54, 1.807) is 30.3 Å². The number of hydrogen-bond acceptors (Lipinski definition) is 2. The smallest absolute Gasteiger partial charge is 0.299 e. The Bertz CT molecular complexity index is 688. The number of hydrogen-bond donors (Lipinski definition) is 2. The molecule has 19 heavy (non-hydrogen) atoms. The molecule has 96 valence electrons. The van der Waals surface area contributed by atoms with Crippen molar-refractivity contribution in [2.75, 3.05) is 5.43 Å². The first-order chi connectivity index (χ1) is 9.06. The van der Waals surface area contributed by atoms with Crippen LogP contribution in [-0.4, -0.2) is 9.98 Å². The summed E-state index contributed by atoms with van der Waals surface area (Å²) in [6.45, 7) is 0. The second kappa shape index (κ2) is 4.49. The lowest BCUT2D eigenvalue weighted by Crippen LogP contribution is -2.10. The highest BCUT2D eigenvalue weighted by Gasteiger charge is 2.32. The highest BCUT2D eigenvalue weighted by molar-refractivity contribution is 6.31. The Balaban J connectivity index is 2.24. The van der Waals surface area contributed by atoms with Crippen LogP contribution < -0.4 is 5.43 Å². The summed E-state index contributed by atoms with van der Waals surface area (Å²) in [5.41, 5.74) is 4.49. The predicted octanol–water partition coefficient (Wildman–Crippen LogP) is 3.83. The van der Waals surface area contributed by atoms with E-state index in [2.05, 4.69) is 5.43 Å². The molecule has 4 nitrogen and oxygen atoms in total. The zero-order valence-electron chi connectivity index (χ0n) is 9.60. The van der Waals surface area contributed by atoms with Gasteiger partial charge in [-0.1, -0.05) is 29.3 Å². The van der Waals surface area contributed by atoms with Crippen molar-refractivity contribution >= 4 is 34.6 Å². The van der Waals surface area contributed by atoms with Crippen LogP contribution in [-0.2, 0) is 0 Å². The van der Waals surface area contributed by atoms with E-state index in [0.717, 1.165) is 0 Å². The van der Waals surface area contributed by atoms with Crippen LogP contribution in [0.15, 0.2) is 36.4 Å². The van der Waals surface area contributed by atoms with Crippen molar-refractivity contribution in [1.29, 1.82) is 0 Å². The number of hydrazine groups is 1. The summed E-state index contributed by atoms with van der Waals surface area (Å²) >= 11 is 11.8. The SMILES string of the molecule is O=[N+]1Nc2cc(Cl)ccc2C(O)c2ccc(Cl)cc21. The van der Waals surface area contributed by atoms with E-state index in [-0.39, 0.29) is 5.69 Å². The Labute approximate surface area is 119 Å². The van der Waals surface area contributed by atoms with Gasteiger partial charge >= 0.3 is 0 Å². The van der Waals surface area contributed by atoms with Crippen LogP contribution in [0.1, 0.15) is 17.2 Å². The van der Waals surface area contributed by atoms with Crippen molar-refractivity contribution in [3.05, 3.63) is 62.5 Å². The van der Waals surface area contributed by atoms with E-state index < -0.39 is 6.10 Å². The van der Waals surface area contributed by atoms with Crippen LogP contribution >= 0.6 is 23.2 Å². The molecule has 0 bridgehead atoms. The lowest BCUT2D eigenvalue weighted by molar-refractivity contribution is -0.428. The van der Waals surface area contributed by atoms with Gasteiger partial charge in [0.2, 0.25) is 0 Å². The molecule has 0 amide bonds. The first-order valence-electron chi connectivity index (χ1n) is 5.57. The van der Waals surface area contributed by atoms with Gasteiger partial charge in [0.05, 0.1) is 10.5 Å². The van der Waals surface area contributed by atoms with Gasteiger partial charge in [-0.25, -0.2) is 0 Å². The third-order valence-corrected chi connectivity index (χ3v) is 3.51. The summed E-state index contributed by atoms with van der Waals surface area (Å²) in [5.74, 6) is 0. The minimum Gasteiger partial charge on any atom is -0.383 e. The molecule has 2 N–H and O–H groups in total. The van der Waals surface area contributed by atoms with Gasteiger partial charge in [0, 0.05) is 21.7 Å². The molecule has 1 atom stereocenters. The summed E-state index contributed by atoms with van der Waals surface area (Å²) in [7, 11) is 0. The number of benzene rings is 2. The lowest BCUT2D eigenvalue weighted by Gasteiger charge is -2.10. The van der Waals surface area contributed by atoms with E-state index in [1.165, 1.54) is 6.07 Å². The monoisotopic (exact) mass is 295 g/mol. The quantitative estimate of drug-likeness (QED) is 0.726. The van der Waals surface area contributed by atoms with E-state index in [0.29, 0.717) is 31.7 Å². The van der Waals surface area contributed by atoms with Crippen LogP contribution in [0.25, 0.3) is 0 Å². The molecule has 0 spiro atoms. The standard InChI is InChI=1S/C13H9Cl2N2O2/c14-7-1-3-9-11(5-7)16-17(19)12-6-8(15)2-4-10(12)13(9)18/h1-6,13,18H,(H,16,19)/q+1. The molecule has 1 aliphatic rings. The fraction of sp³-hybridized carbons (Fsp3) is 0.0769. The number of aliphatic hydroxyl groups excluding tert-OH is 1. The van der Waals surface area contributed by atoms with Crippen molar-refractivity contribution in [2.24, 2.45) is 0 Å². The Morgan fingerprint density at radius 3 is 2.42 bits per heavy atom. The minimum atomic E-state index is -0.911. The van der Waals surface area contributed by atoms with Crippen molar-refractivity contribution in [1.82, 2.24) is 0 Å². The maximum absolute atomic E-state index is 12.1. The van der Waals surface area contributed by atoms with Gasteiger partial charge in [0.1, 0.15) is 11.8 Å². The summed E-state index contributed by atoms with van der Waals surface area (Å²) in [6.07, 6.45) is -0.911. The average molecular weight is 296 g/mol. The minimum absolute atomic E-state index is 0.285. The topological polar surface area (TPSA) is 52.3 Å². The van der Waals surface area contributed by atoms with Crippen molar-refractivity contribution < 1.29 is 9.98 Å². The van der Waals surface area contributed by atoms with Crippen molar-refractivity contribution in [3.8, 4) is 0 Å². The van der Waals surface area contributed by atoms with Gasteiger partial charge < -0.3 is 5.11 Å². The molecule has 1 aliphatic heterocycles. The second-order valence-electron chi connectivity index (χ2n) is 4.24. The van der Waals surface area contributed by atoms with E-state index in [9.17, 15) is 10.0 Å². The highest BCUT2D eigenvalue weighted by Crippen LogP contribution is 2.39. The van der Waals surface area contributed by atoms with Crippen LogP contribution in [0, 0.1) is 4.91 Å². The van der Waals surface area contributed by atoms with Gasteiger partial charge in [-0.15, -0.1) is 5.43 Å². The van der Waals surface area contributed by atoms with E-state index in [4.69, 9.17) is 23.2 Å². The molecule has 3 rings (SSSR count).